The van der Waals surface area contributed by atoms with Gasteiger partial charge >= 0.3 is 12.2 Å². The van der Waals surface area contributed by atoms with Gasteiger partial charge in [-0.3, -0.25) is 4.90 Å². The van der Waals surface area contributed by atoms with Crippen LogP contribution in [0.3, 0.4) is 0 Å². The molecule has 1 aromatic carbocycles. The molecule has 4 heterocycles. The predicted molar refractivity (Wildman–Crippen MR) is 114 cm³/mol. The highest BCUT2D eigenvalue weighted by atomic mass is 79.9. The molecule has 2 aromatic rings. The first-order chi connectivity index (χ1) is 15.7. The fourth-order valence-corrected chi connectivity index (χ4v) is 5.63. The molecule has 12 heteroatoms. The molecule has 0 spiro atoms. The van der Waals surface area contributed by atoms with Crippen LogP contribution < -0.4 is 9.64 Å². The third-order valence-corrected chi connectivity index (χ3v) is 7.45. The van der Waals surface area contributed by atoms with Gasteiger partial charge in [0, 0.05) is 31.4 Å². The van der Waals surface area contributed by atoms with Crippen molar-refractivity contribution in [1.82, 2.24) is 14.9 Å². The van der Waals surface area contributed by atoms with E-state index in [-0.39, 0.29) is 29.3 Å². The second-order valence-electron chi connectivity index (χ2n) is 8.74. The van der Waals surface area contributed by atoms with Gasteiger partial charge < -0.3 is 14.4 Å². The Kier molecular flexibility index (Phi) is 5.89. The lowest BCUT2D eigenvalue weighted by Gasteiger charge is -2.31. The van der Waals surface area contributed by atoms with E-state index in [0.717, 1.165) is 25.5 Å². The number of aromatic nitrogens is 2. The molecule has 0 unspecified atom stereocenters. The Morgan fingerprint density at radius 1 is 1.21 bits per heavy atom. The molecule has 0 aliphatic carbocycles. The van der Waals surface area contributed by atoms with Gasteiger partial charge in [0.1, 0.15) is 24.1 Å². The van der Waals surface area contributed by atoms with Crippen molar-refractivity contribution in [3.8, 4) is 6.01 Å². The van der Waals surface area contributed by atoms with Crippen LogP contribution in [0.25, 0.3) is 10.9 Å². The largest absolute Gasteiger partial charge is 0.461 e. The van der Waals surface area contributed by atoms with E-state index >= 15 is 4.39 Å². The molecule has 0 bridgehead atoms. The zero-order valence-electron chi connectivity index (χ0n) is 17.6. The lowest BCUT2D eigenvalue weighted by molar-refractivity contribution is -0.138. The van der Waals surface area contributed by atoms with Gasteiger partial charge in [-0.2, -0.15) is 23.1 Å². The lowest BCUT2D eigenvalue weighted by atomic mass is 9.95. The van der Waals surface area contributed by atoms with Crippen molar-refractivity contribution in [2.75, 3.05) is 50.9 Å². The smallest absolute Gasteiger partial charge is 0.417 e. The quantitative estimate of drug-likeness (QED) is 0.542. The van der Waals surface area contributed by atoms with Crippen molar-refractivity contribution in [3.05, 3.63) is 21.9 Å². The average molecular weight is 537 g/mol. The van der Waals surface area contributed by atoms with Gasteiger partial charge in [0.25, 0.3) is 0 Å². The maximum atomic E-state index is 15.1. The van der Waals surface area contributed by atoms with Crippen molar-refractivity contribution >= 4 is 32.7 Å². The van der Waals surface area contributed by atoms with Crippen molar-refractivity contribution in [2.24, 2.45) is 0 Å². The fraction of sp³-hybridized carbons (Fsp3) is 0.619. The molecule has 3 aliphatic heterocycles. The highest BCUT2D eigenvalue weighted by molar-refractivity contribution is 9.10. The molecule has 0 saturated carbocycles. The Labute approximate surface area is 195 Å². The van der Waals surface area contributed by atoms with Gasteiger partial charge in [-0.15, -0.1) is 0 Å². The maximum absolute atomic E-state index is 15.1. The van der Waals surface area contributed by atoms with E-state index in [0.29, 0.717) is 39.3 Å². The van der Waals surface area contributed by atoms with Crippen molar-refractivity contribution in [1.29, 1.82) is 0 Å². The van der Waals surface area contributed by atoms with E-state index in [1.54, 1.807) is 4.90 Å². The van der Waals surface area contributed by atoms with Crippen LogP contribution in [0.1, 0.15) is 24.8 Å². The molecule has 1 aromatic heterocycles. The molecule has 3 saturated heterocycles. The Balaban J connectivity index is 1.56. The lowest BCUT2D eigenvalue weighted by Crippen LogP contribution is -2.43. The van der Waals surface area contributed by atoms with Gasteiger partial charge in [-0.1, -0.05) is 0 Å². The summed E-state index contributed by atoms with van der Waals surface area (Å²) < 4.78 is 80.3. The van der Waals surface area contributed by atoms with E-state index in [4.69, 9.17) is 9.47 Å². The molecule has 6 nitrogen and oxygen atoms in total. The van der Waals surface area contributed by atoms with E-state index in [1.165, 1.54) is 0 Å². The number of hydrogen-bond acceptors (Lipinski definition) is 6. The number of morpholine rings is 1. The normalized spacial score (nSPS) is 26.2. The monoisotopic (exact) mass is 536 g/mol. The standard InChI is InChI=1S/C21H22BrF5N4O2/c22-15-14(21(25,26)27)8-13-17(16(15)24)28-19(29-18(13)30-4-6-32-7-5-30)33-11-20-2-1-3-31(20)10-12(23)9-20/h8,12H,1-7,9-11H2/t12-,20+/m1/s1. The molecule has 0 N–H and O–H groups in total. The van der Waals surface area contributed by atoms with Gasteiger partial charge in [0.05, 0.1) is 28.8 Å². The Morgan fingerprint density at radius 2 is 1.97 bits per heavy atom. The number of hydrogen-bond donors (Lipinski definition) is 0. The summed E-state index contributed by atoms with van der Waals surface area (Å²) >= 11 is 2.74. The number of rotatable bonds is 4. The highest BCUT2D eigenvalue weighted by Crippen LogP contribution is 2.43. The van der Waals surface area contributed by atoms with E-state index in [9.17, 15) is 17.6 Å². The molecule has 3 fully saturated rings. The van der Waals surface area contributed by atoms with E-state index in [2.05, 4.69) is 30.8 Å². The van der Waals surface area contributed by atoms with E-state index < -0.39 is 33.7 Å². The fourth-order valence-electron chi connectivity index (χ4n) is 5.10. The topological polar surface area (TPSA) is 50.7 Å². The second-order valence-corrected chi connectivity index (χ2v) is 9.53. The summed E-state index contributed by atoms with van der Waals surface area (Å²) in [4.78, 5) is 12.3. The second kappa shape index (κ2) is 8.46. The number of anilines is 1. The molecule has 0 radical (unpaired) electrons. The summed E-state index contributed by atoms with van der Waals surface area (Å²) in [5.41, 5.74) is -1.87. The first-order valence-corrected chi connectivity index (χ1v) is 11.6. The van der Waals surface area contributed by atoms with Crippen LogP contribution in [0.15, 0.2) is 10.5 Å². The molecule has 3 aliphatic rings. The van der Waals surface area contributed by atoms with Crippen LogP contribution in [0, 0.1) is 5.82 Å². The molecule has 180 valence electrons. The Bertz CT molecular complexity index is 1070. The van der Waals surface area contributed by atoms with Gasteiger partial charge in [0.15, 0.2) is 5.82 Å². The van der Waals surface area contributed by atoms with Crippen molar-refractivity contribution in [2.45, 2.75) is 37.1 Å². The van der Waals surface area contributed by atoms with Crippen LogP contribution in [0.2, 0.25) is 0 Å². The summed E-state index contributed by atoms with van der Waals surface area (Å²) in [5.74, 6) is -0.974. The average Bonchev–Trinajstić information content (AvgIpc) is 3.30. The predicted octanol–water partition coefficient (Wildman–Crippen LogP) is 4.34. The third kappa shape index (κ3) is 4.14. The zero-order chi connectivity index (χ0) is 23.4. The Morgan fingerprint density at radius 3 is 2.70 bits per heavy atom. The molecular formula is C21H22BrF5N4O2. The van der Waals surface area contributed by atoms with Crippen LogP contribution >= 0.6 is 15.9 Å². The van der Waals surface area contributed by atoms with E-state index in [1.807, 2.05) is 0 Å². The zero-order valence-corrected chi connectivity index (χ0v) is 19.2. The van der Waals surface area contributed by atoms with Gasteiger partial charge in [-0.05, 0) is 41.4 Å². The molecular weight excluding hydrogens is 515 g/mol. The SMILES string of the molecule is Fc1c(Br)c(C(F)(F)F)cc2c(N3CCOCC3)nc(OC[C@@]34CCCN3C[C@H](F)C4)nc12. The first-order valence-electron chi connectivity index (χ1n) is 10.8. The van der Waals surface area contributed by atoms with Gasteiger partial charge in [-0.25, -0.2) is 8.78 Å². The highest BCUT2D eigenvalue weighted by Gasteiger charge is 2.49. The summed E-state index contributed by atoms with van der Waals surface area (Å²) in [6.07, 6.45) is -3.67. The van der Waals surface area contributed by atoms with Gasteiger partial charge in [0.2, 0.25) is 0 Å². The number of ether oxygens (including phenoxy) is 2. The van der Waals surface area contributed by atoms with Crippen LogP contribution in [0.5, 0.6) is 6.01 Å². The minimum Gasteiger partial charge on any atom is -0.461 e. The van der Waals surface area contributed by atoms with Crippen molar-refractivity contribution in [3.63, 3.8) is 0 Å². The number of fused-ring (bicyclic) bond motifs is 2. The maximum Gasteiger partial charge on any atom is 0.417 e. The van der Waals surface area contributed by atoms with Crippen molar-refractivity contribution < 1.29 is 31.4 Å². The van der Waals surface area contributed by atoms with Crippen LogP contribution in [-0.2, 0) is 10.9 Å². The molecule has 0 amide bonds. The summed E-state index contributed by atoms with van der Waals surface area (Å²) in [7, 11) is 0. The number of halogens is 6. The molecule has 5 rings (SSSR count). The number of alkyl halides is 4. The minimum absolute atomic E-state index is 0.0531. The summed E-state index contributed by atoms with van der Waals surface area (Å²) in [6.45, 7) is 2.75. The minimum atomic E-state index is -4.76. The third-order valence-electron chi connectivity index (χ3n) is 6.68. The number of benzene rings is 1. The van der Waals surface area contributed by atoms with Crippen LogP contribution in [0.4, 0.5) is 27.8 Å². The van der Waals surface area contributed by atoms with Crippen LogP contribution in [-0.4, -0.2) is 72.6 Å². The molecule has 33 heavy (non-hydrogen) atoms. The number of nitrogens with zero attached hydrogens (tertiary/aromatic N) is 4. The Hall–Kier alpha value is -1.79. The first kappa shape index (κ1) is 23.0. The molecule has 2 atom stereocenters. The summed E-state index contributed by atoms with van der Waals surface area (Å²) in [5, 5.41) is -0.0531. The summed E-state index contributed by atoms with van der Waals surface area (Å²) in [6, 6.07) is 0.720.